The molecule has 3 amide bonds. The van der Waals surface area contributed by atoms with Crippen molar-refractivity contribution in [3.63, 3.8) is 0 Å². The summed E-state index contributed by atoms with van der Waals surface area (Å²) in [5, 5.41) is 2.96. The van der Waals surface area contributed by atoms with Crippen molar-refractivity contribution in [3.05, 3.63) is 58.4 Å². The lowest BCUT2D eigenvalue weighted by Gasteiger charge is -2.34. The van der Waals surface area contributed by atoms with E-state index in [4.69, 9.17) is 0 Å². The van der Waals surface area contributed by atoms with Crippen LogP contribution in [0.1, 0.15) is 5.56 Å². The summed E-state index contributed by atoms with van der Waals surface area (Å²) < 4.78 is 40.0. The first-order chi connectivity index (χ1) is 16.6. The van der Waals surface area contributed by atoms with Gasteiger partial charge in [0.25, 0.3) is 0 Å². The third-order valence-corrected chi connectivity index (χ3v) is 8.08. The molecule has 0 spiro atoms. The Morgan fingerprint density at radius 1 is 1.11 bits per heavy atom. The third kappa shape index (κ3) is 3.90. The van der Waals surface area contributed by atoms with E-state index in [-0.39, 0.29) is 23.1 Å². The summed E-state index contributed by atoms with van der Waals surface area (Å²) in [4.78, 5) is 37.6. The number of nitrogens with one attached hydrogen (secondary N) is 1. The van der Waals surface area contributed by atoms with Gasteiger partial charge in [0.1, 0.15) is 17.4 Å². The number of hydrogen-bond acceptors (Lipinski definition) is 7. The fourth-order valence-electron chi connectivity index (χ4n) is 4.01. The Labute approximate surface area is 208 Å². The number of sulfone groups is 1. The predicted octanol–water partition coefficient (Wildman–Crippen LogP) is 3.45. The molecule has 0 bridgehead atoms. The predicted molar refractivity (Wildman–Crippen MR) is 131 cm³/mol. The van der Waals surface area contributed by atoms with E-state index in [1.54, 1.807) is 12.1 Å². The summed E-state index contributed by atoms with van der Waals surface area (Å²) in [6.45, 7) is 0.0653. The summed E-state index contributed by atoms with van der Waals surface area (Å²) in [7, 11) is -0.730. The van der Waals surface area contributed by atoms with Gasteiger partial charge in [-0.25, -0.2) is 22.6 Å². The van der Waals surface area contributed by atoms with E-state index in [1.807, 2.05) is 0 Å². The lowest BCUT2D eigenvalue weighted by molar-refractivity contribution is -0.116. The minimum Gasteiger partial charge on any atom is -0.324 e. The number of amides is 3. The van der Waals surface area contributed by atoms with Gasteiger partial charge in [-0.15, -0.1) is 0 Å². The highest BCUT2D eigenvalue weighted by Crippen LogP contribution is 2.36. The lowest BCUT2D eigenvalue weighted by Crippen LogP contribution is -2.46. The number of para-hydroxylation sites is 1. The molecular formula is C22H18BrFN6O4S. The monoisotopic (exact) mass is 560 g/mol. The molecule has 2 aliphatic rings. The zero-order valence-electron chi connectivity index (χ0n) is 18.5. The molecule has 2 aliphatic heterocycles. The van der Waals surface area contributed by atoms with Crippen LogP contribution in [0.3, 0.4) is 0 Å². The second-order valence-corrected chi connectivity index (χ2v) is 10.9. The molecule has 2 aromatic carbocycles. The number of fused-ring (bicyclic) bond motifs is 2. The van der Waals surface area contributed by atoms with E-state index < -0.39 is 33.3 Å². The van der Waals surface area contributed by atoms with Gasteiger partial charge in [0.15, 0.2) is 9.84 Å². The van der Waals surface area contributed by atoms with Gasteiger partial charge in [0.05, 0.1) is 22.8 Å². The topological polar surface area (TPSA) is 116 Å². The molecule has 13 heteroatoms. The molecule has 0 atom stereocenters. The van der Waals surface area contributed by atoms with Gasteiger partial charge in [-0.2, -0.15) is 4.98 Å². The van der Waals surface area contributed by atoms with Crippen LogP contribution in [-0.4, -0.2) is 50.2 Å². The molecule has 0 unspecified atom stereocenters. The maximum atomic E-state index is 14.5. The van der Waals surface area contributed by atoms with E-state index in [1.165, 1.54) is 59.3 Å². The van der Waals surface area contributed by atoms with Gasteiger partial charge in [0, 0.05) is 36.0 Å². The molecule has 0 fully saturated rings. The van der Waals surface area contributed by atoms with Crippen molar-refractivity contribution in [2.45, 2.75) is 11.4 Å². The van der Waals surface area contributed by atoms with E-state index in [0.717, 1.165) is 0 Å². The van der Waals surface area contributed by atoms with Crippen molar-refractivity contribution < 1.29 is 22.4 Å². The average Bonchev–Trinajstić information content (AvgIpc) is 2.81. The number of rotatable bonds is 3. The van der Waals surface area contributed by atoms with E-state index in [0.29, 0.717) is 27.2 Å². The number of carbonyl (C=O) groups is 2. The van der Waals surface area contributed by atoms with Crippen molar-refractivity contribution in [1.82, 2.24) is 9.97 Å². The second-order valence-electron chi connectivity index (χ2n) is 8.06. The van der Waals surface area contributed by atoms with Crippen LogP contribution in [-0.2, 0) is 21.2 Å². The first kappa shape index (κ1) is 23.2. The van der Waals surface area contributed by atoms with Crippen LogP contribution in [0.15, 0.2) is 52.0 Å². The molecule has 3 aromatic rings. The highest BCUT2D eigenvalue weighted by molar-refractivity contribution is 9.10. The fraction of sp³-hybridized carbons (Fsp3) is 0.182. The van der Waals surface area contributed by atoms with Crippen LogP contribution in [0.4, 0.5) is 38.0 Å². The molecule has 0 aliphatic carbocycles. The minimum absolute atomic E-state index is 0.0287. The molecule has 0 radical (unpaired) electrons. The van der Waals surface area contributed by atoms with Crippen molar-refractivity contribution in [1.29, 1.82) is 0 Å². The van der Waals surface area contributed by atoms with Gasteiger partial charge in [-0.05, 0) is 46.3 Å². The van der Waals surface area contributed by atoms with E-state index in [2.05, 4.69) is 31.2 Å². The van der Waals surface area contributed by atoms with Crippen LogP contribution in [0.25, 0.3) is 0 Å². The third-order valence-electron chi connectivity index (χ3n) is 5.81. The Bertz CT molecular complexity index is 1500. The molecule has 0 saturated heterocycles. The van der Waals surface area contributed by atoms with E-state index in [9.17, 15) is 22.4 Å². The van der Waals surface area contributed by atoms with Gasteiger partial charge >= 0.3 is 6.03 Å². The molecule has 35 heavy (non-hydrogen) atoms. The summed E-state index contributed by atoms with van der Waals surface area (Å²) in [5.41, 5.74) is 1.41. The number of urea groups is 1. The molecule has 3 heterocycles. The number of anilines is 5. The standard InChI is InChI=1S/C22H18BrFN6O4S/c1-28-16-7-6-13(8-17(16)35(33,34)11-18(28)31)26-21-25-9-12-10-30(22(32)29(2)20(12)27-21)19-14(23)4-3-5-15(19)24/h3-9H,10-11H2,1-2H3,(H,25,26,27). The quantitative estimate of drug-likeness (QED) is 0.521. The van der Waals surface area contributed by atoms with Crippen LogP contribution in [0.2, 0.25) is 0 Å². The number of benzene rings is 2. The SMILES string of the molecule is CN1C(=O)CS(=O)(=O)c2cc(Nc3ncc4c(n3)N(C)C(=O)N(c3c(F)cccc3Br)C4)ccc21. The second kappa shape index (κ2) is 8.27. The number of carbonyl (C=O) groups excluding carboxylic acids is 2. The van der Waals surface area contributed by atoms with Crippen LogP contribution in [0.5, 0.6) is 0 Å². The summed E-state index contributed by atoms with van der Waals surface area (Å²) in [6, 6.07) is 8.56. The molecule has 1 N–H and O–H groups in total. The number of nitrogens with zero attached hydrogens (tertiary/aromatic N) is 5. The van der Waals surface area contributed by atoms with Gasteiger partial charge in [-0.3, -0.25) is 14.6 Å². The zero-order valence-corrected chi connectivity index (χ0v) is 20.9. The Hall–Kier alpha value is -3.58. The Kier molecular flexibility index (Phi) is 5.48. The van der Waals surface area contributed by atoms with E-state index >= 15 is 0 Å². The highest BCUT2D eigenvalue weighted by Gasteiger charge is 2.34. The van der Waals surface area contributed by atoms with Crippen molar-refractivity contribution in [2.24, 2.45) is 0 Å². The summed E-state index contributed by atoms with van der Waals surface area (Å²) in [6.07, 6.45) is 1.52. The van der Waals surface area contributed by atoms with Gasteiger partial charge in [0.2, 0.25) is 11.9 Å². The lowest BCUT2D eigenvalue weighted by atomic mass is 10.2. The molecule has 5 rings (SSSR count). The highest BCUT2D eigenvalue weighted by atomic mass is 79.9. The Morgan fingerprint density at radius 3 is 2.63 bits per heavy atom. The number of aromatic nitrogens is 2. The minimum atomic E-state index is -3.77. The van der Waals surface area contributed by atoms with Crippen molar-refractivity contribution in [3.8, 4) is 0 Å². The fourth-order valence-corrected chi connectivity index (χ4v) is 6.07. The normalized spacial score (nSPS) is 16.7. The van der Waals surface area contributed by atoms with Crippen LogP contribution in [0, 0.1) is 5.82 Å². The molecular weight excluding hydrogens is 543 g/mol. The largest absolute Gasteiger partial charge is 0.330 e. The van der Waals surface area contributed by atoms with Gasteiger partial charge < -0.3 is 10.2 Å². The maximum absolute atomic E-state index is 14.5. The zero-order chi connectivity index (χ0) is 25.1. The molecule has 10 nitrogen and oxygen atoms in total. The summed E-state index contributed by atoms with van der Waals surface area (Å²) >= 11 is 3.30. The van der Waals surface area contributed by atoms with Crippen LogP contribution < -0.4 is 20.0 Å². The Morgan fingerprint density at radius 2 is 1.89 bits per heavy atom. The molecule has 0 saturated carbocycles. The number of halogens is 2. The summed E-state index contributed by atoms with van der Waals surface area (Å²) in [5.74, 6) is -1.16. The number of hydrogen-bond donors (Lipinski definition) is 1. The average molecular weight is 561 g/mol. The van der Waals surface area contributed by atoms with Crippen LogP contribution >= 0.6 is 15.9 Å². The first-order valence-corrected chi connectivity index (χ1v) is 12.8. The van der Waals surface area contributed by atoms with Gasteiger partial charge in [-0.1, -0.05) is 6.07 Å². The molecule has 180 valence electrons. The smallest absolute Gasteiger partial charge is 0.324 e. The Balaban J connectivity index is 1.46. The first-order valence-electron chi connectivity index (χ1n) is 10.3. The molecule has 1 aromatic heterocycles. The maximum Gasteiger partial charge on any atom is 0.330 e. The van der Waals surface area contributed by atoms with Crippen molar-refractivity contribution >= 4 is 66.5 Å². The van der Waals surface area contributed by atoms with Crippen molar-refractivity contribution in [2.75, 3.05) is 39.9 Å².